The Hall–Kier alpha value is -0.0400. The molecule has 1 aliphatic carbocycles. The SMILES string of the molecule is N[C@@H]1CC[NH+](CCc2ccc(OCC3CC3)c(Cl)c2)C1.[I-]. The van der Waals surface area contributed by atoms with Gasteiger partial charge in [0, 0.05) is 12.8 Å². The quantitative estimate of drug-likeness (QED) is 0.536. The molecule has 0 amide bonds. The molecule has 0 bridgehead atoms. The van der Waals surface area contributed by atoms with E-state index in [2.05, 4.69) is 12.1 Å². The van der Waals surface area contributed by atoms with Gasteiger partial charge >= 0.3 is 0 Å². The number of nitrogens with two attached hydrogens (primary N) is 1. The van der Waals surface area contributed by atoms with Gasteiger partial charge in [-0.05, 0) is 36.5 Å². The molecule has 0 aromatic heterocycles. The zero-order valence-corrected chi connectivity index (χ0v) is 15.2. The third kappa shape index (κ3) is 5.27. The largest absolute Gasteiger partial charge is 1.00 e. The molecule has 1 saturated heterocycles. The lowest BCUT2D eigenvalue weighted by Crippen LogP contribution is -3.10. The molecule has 2 fully saturated rings. The van der Waals surface area contributed by atoms with Crippen LogP contribution in [0.3, 0.4) is 0 Å². The van der Waals surface area contributed by atoms with Crippen molar-refractivity contribution in [2.45, 2.75) is 31.7 Å². The number of quaternary nitrogens is 1. The monoisotopic (exact) mass is 422 g/mol. The van der Waals surface area contributed by atoms with Crippen LogP contribution in [0.4, 0.5) is 0 Å². The average Bonchev–Trinajstić information content (AvgIpc) is 3.17. The average molecular weight is 423 g/mol. The fourth-order valence-electron chi connectivity index (χ4n) is 2.82. The molecule has 3 N–H and O–H groups in total. The van der Waals surface area contributed by atoms with Crippen LogP contribution >= 0.6 is 11.6 Å². The molecular weight excluding hydrogens is 399 g/mol. The fraction of sp³-hybridized carbons (Fsp3) is 0.625. The van der Waals surface area contributed by atoms with Crippen LogP contribution in [-0.4, -0.2) is 32.3 Å². The van der Waals surface area contributed by atoms with E-state index in [0.717, 1.165) is 49.2 Å². The molecule has 5 heteroatoms. The van der Waals surface area contributed by atoms with Gasteiger partial charge in [0.05, 0.1) is 37.3 Å². The van der Waals surface area contributed by atoms with Crippen LogP contribution in [0.5, 0.6) is 5.75 Å². The Morgan fingerprint density at radius 2 is 2.10 bits per heavy atom. The highest BCUT2D eigenvalue weighted by Crippen LogP contribution is 2.32. The summed E-state index contributed by atoms with van der Waals surface area (Å²) in [5, 5.41) is 0.747. The summed E-state index contributed by atoms with van der Waals surface area (Å²) < 4.78 is 5.75. The van der Waals surface area contributed by atoms with E-state index >= 15 is 0 Å². The van der Waals surface area contributed by atoms with Gasteiger partial charge in [-0.1, -0.05) is 17.7 Å². The van der Waals surface area contributed by atoms with E-state index in [-0.39, 0.29) is 24.0 Å². The lowest BCUT2D eigenvalue weighted by molar-refractivity contribution is -0.887. The summed E-state index contributed by atoms with van der Waals surface area (Å²) in [6.45, 7) is 4.27. The second-order valence-corrected chi connectivity index (χ2v) is 6.68. The van der Waals surface area contributed by atoms with Crippen molar-refractivity contribution in [2.75, 3.05) is 26.2 Å². The van der Waals surface area contributed by atoms with Gasteiger partial charge in [0.15, 0.2) is 0 Å². The lowest BCUT2D eigenvalue weighted by Gasteiger charge is -2.13. The Kier molecular flexibility index (Phi) is 6.59. The predicted molar refractivity (Wildman–Crippen MR) is 81.5 cm³/mol. The maximum Gasteiger partial charge on any atom is 0.137 e. The van der Waals surface area contributed by atoms with Crippen LogP contribution in [0.2, 0.25) is 5.02 Å². The molecule has 21 heavy (non-hydrogen) atoms. The van der Waals surface area contributed by atoms with Gasteiger partial charge in [-0.3, -0.25) is 0 Å². The summed E-state index contributed by atoms with van der Waals surface area (Å²) in [6, 6.07) is 6.61. The molecule has 2 aliphatic rings. The molecule has 3 rings (SSSR count). The Morgan fingerprint density at radius 1 is 1.29 bits per heavy atom. The molecule has 118 valence electrons. The molecule has 1 heterocycles. The third-order valence-electron chi connectivity index (χ3n) is 4.35. The molecule has 3 nitrogen and oxygen atoms in total. The standard InChI is InChI=1S/C16H23ClN2O.HI/c17-15-9-12(5-7-19-8-6-14(18)10-19)3-4-16(15)20-11-13-1-2-13;/h3-4,9,13-14H,1-2,5-8,10-11,18H2;1H/t14-;/m1./s1. The van der Waals surface area contributed by atoms with Crippen molar-refractivity contribution in [2.24, 2.45) is 11.7 Å². The summed E-state index contributed by atoms with van der Waals surface area (Å²) in [5.74, 6) is 1.59. The van der Waals surface area contributed by atoms with Crippen molar-refractivity contribution in [1.29, 1.82) is 0 Å². The molecule has 0 radical (unpaired) electrons. The highest BCUT2D eigenvalue weighted by Gasteiger charge is 2.23. The molecule has 1 saturated carbocycles. The molecular formula is C16H24ClIN2O. The topological polar surface area (TPSA) is 39.7 Å². The van der Waals surface area contributed by atoms with Gasteiger partial charge in [-0.2, -0.15) is 0 Å². The maximum atomic E-state index is 6.30. The molecule has 1 unspecified atom stereocenters. The number of benzene rings is 1. The highest BCUT2D eigenvalue weighted by atomic mass is 127. The van der Waals surface area contributed by atoms with Gasteiger partial charge in [-0.25, -0.2) is 0 Å². The molecule has 0 spiro atoms. The van der Waals surface area contributed by atoms with Crippen LogP contribution in [-0.2, 0) is 6.42 Å². The first-order valence-electron chi connectivity index (χ1n) is 7.71. The first-order chi connectivity index (χ1) is 9.70. The van der Waals surface area contributed by atoms with Gasteiger partial charge in [0.2, 0.25) is 0 Å². The first-order valence-corrected chi connectivity index (χ1v) is 8.09. The normalized spacial score (nSPS) is 24.7. The van der Waals surface area contributed by atoms with Crippen LogP contribution < -0.4 is 39.3 Å². The molecule has 1 aromatic carbocycles. The molecule has 2 atom stereocenters. The number of likely N-dealkylation sites (tertiary alicyclic amines) is 1. The van der Waals surface area contributed by atoms with E-state index in [1.54, 1.807) is 4.90 Å². The summed E-state index contributed by atoms with van der Waals surface area (Å²) in [7, 11) is 0. The Balaban J connectivity index is 0.00000161. The maximum absolute atomic E-state index is 6.30. The van der Waals surface area contributed by atoms with Gasteiger partial charge in [-0.15, -0.1) is 0 Å². The zero-order chi connectivity index (χ0) is 13.9. The second kappa shape index (κ2) is 7.99. The molecule has 1 aliphatic heterocycles. The van der Waals surface area contributed by atoms with Crippen LogP contribution in [0, 0.1) is 5.92 Å². The number of hydrogen-bond acceptors (Lipinski definition) is 2. The third-order valence-corrected chi connectivity index (χ3v) is 4.65. The van der Waals surface area contributed by atoms with E-state index < -0.39 is 0 Å². The summed E-state index contributed by atoms with van der Waals surface area (Å²) in [6.07, 6.45) is 4.82. The second-order valence-electron chi connectivity index (χ2n) is 6.27. The van der Waals surface area contributed by atoms with E-state index in [1.165, 1.54) is 24.9 Å². The minimum Gasteiger partial charge on any atom is -1.00 e. The van der Waals surface area contributed by atoms with Gasteiger partial charge < -0.3 is 39.3 Å². The first kappa shape index (κ1) is 17.3. The van der Waals surface area contributed by atoms with E-state index in [9.17, 15) is 0 Å². The number of ether oxygens (including phenoxy) is 1. The smallest absolute Gasteiger partial charge is 0.137 e. The Bertz CT molecular complexity index is 468. The summed E-state index contributed by atoms with van der Waals surface area (Å²) >= 11 is 6.30. The van der Waals surface area contributed by atoms with E-state index in [0.29, 0.717) is 6.04 Å². The van der Waals surface area contributed by atoms with Crippen molar-refractivity contribution in [3.05, 3.63) is 28.8 Å². The van der Waals surface area contributed by atoms with E-state index in [4.69, 9.17) is 22.1 Å². The Morgan fingerprint density at radius 3 is 2.71 bits per heavy atom. The van der Waals surface area contributed by atoms with Crippen molar-refractivity contribution in [1.82, 2.24) is 0 Å². The minimum atomic E-state index is 0. The van der Waals surface area contributed by atoms with Gasteiger partial charge in [0.1, 0.15) is 5.75 Å². The van der Waals surface area contributed by atoms with Crippen molar-refractivity contribution in [3.8, 4) is 5.75 Å². The number of rotatable bonds is 6. The lowest BCUT2D eigenvalue weighted by atomic mass is 10.1. The van der Waals surface area contributed by atoms with Gasteiger partial charge in [0.25, 0.3) is 0 Å². The number of hydrogen-bond donors (Lipinski definition) is 2. The molecule has 1 aromatic rings. The van der Waals surface area contributed by atoms with E-state index in [1.807, 2.05) is 6.07 Å². The number of halogens is 2. The van der Waals surface area contributed by atoms with Crippen molar-refractivity contribution >= 4 is 11.6 Å². The minimum absolute atomic E-state index is 0. The Labute approximate surface area is 149 Å². The van der Waals surface area contributed by atoms with Crippen LogP contribution in [0.15, 0.2) is 18.2 Å². The summed E-state index contributed by atoms with van der Waals surface area (Å²) in [4.78, 5) is 1.61. The van der Waals surface area contributed by atoms with Crippen molar-refractivity contribution < 1.29 is 33.6 Å². The van der Waals surface area contributed by atoms with Crippen molar-refractivity contribution in [3.63, 3.8) is 0 Å². The van der Waals surface area contributed by atoms with Crippen LogP contribution in [0.1, 0.15) is 24.8 Å². The zero-order valence-electron chi connectivity index (χ0n) is 12.3. The highest BCUT2D eigenvalue weighted by molar-refractivity contribution is 6.32. The predicted octanol–water partition coefficient (Wildman–Crippen LogP) is -1.71. The fourth-order valence-corrected chi connectivity index (χ4v) is 3.08. The van der Waals surface area contributed by atoms with Crippen LogP contribution in [0.25, 0.3) is 0 Å². The summed E-state index contributed by atoms with van der Waals surface area (Å²) in [5.41, 5.74) is 7.24. The number of nitrogens with one attached hydrogen (secondary N) is 1.